The Hall–Kier alpha value is -2.39. The number of unbranched alkanes of at least 4 members (excludes halogenated alkanes) is 2. The zero-order valence-corrected chi connectivity index (χ0v) is 18.0. The number of aliphatic hydroxyl groups excluding tert-OH is 2. The maximum atomic E-state index is 13.0. The van der Waals surface area contributed by atoms with Crippen molar-refractivity contribution in [3.05, 3.63) is 36.4 Å². The lowest BCUT2D eigenvalue weighted by molar-refractivity contribution is 0.116. The van der Waals surface area contributed by atoms with Crippen LogP contribution in [0.3, 0.4) is 0 Å². The maximum absolute atomic E-state index is 13.0. The molecule has 0 bridgehead atoms. The summed E-state index contributed by atoms with van der Waals surface area (Å²) in [6, 6.07) is -0.785. The molecule has 1 aliphatic heterocycles. The SMILES string of the molecule is Cc1nccn1CCCCN1C(=O)N(CCCCn2ccnc2C)[C@H](CO)[C@H]1CO. The molecule has 166 valence electrons. The number of nitrogens with zero attached hydrogens (tertiary/aromatic N) is 6. The predicted molar refractivity (Wildman–Crippen MR) is 113 cm³/mol. The van der Waals surface area contributed by atoms with E-state index in [0.717, 1.165) is 50.4 Å². The van der Waals surface area contributed by atoms with Crippen LogP contribution >= 0.6 is 0 Å². The van der Waals surface area contributed by atoms with E-state index in [0.29, 0.717) is 13.1 Å². The van der Waals surface area contributed by atoms with Gasteiger partial charge in [-0.2, -0.15) is 0 Å². The highest BCUT2D eigenvalue weighted by atomic mass is 16.3. The van der Waals surface area contributed by atoms with Gasteiger partial charge in [0.05, 0.1) is 25.3 Å². The lowest BCUT2D eigenvalue weighted by Gasteiger charge is -2.25. The molecule has 1 aliphatic rings. The zero-order chi connectivity index (χ0) is 21.5. The third-order valence-electron chi connectivity index (χ3n) is 6.05. The van der Waals surface area contributed by atoms with Crippen LogP contribution in [0.15, 0.2) is 24.8 Å². The van der Waals surface area contributed by atoms with Crippen molar-refractivity contribution in [2.45, 2.75) is 64.7 Å². The van der Waals surface area contributed by atoms with Gasteiger partial charge in [0.1, 0.15) is 11.6 Å². The first-order valence-electron chi connectivity index (χ1n) is 10.8. The van der Waals surface area contributed by atoms with E-state index in [4.69, 9.17) is 0 Å². The van der Waals surface area contributed by atoms with E-state index in [9.17, 15) is 15.0 Å². The summed E-state index contributed by atoms with van der Waals surface area (Å²) < 4.78 is 4.19. The van der Waals surface area contributed by atoms with Crippen LogP contribution in [-0.4, -0.2) is 83.5 Å². The lowest BCUT2D eigenvalue weighted by atomic mass is 10.1. The second-order valence-corrected chi connectivity index (χ2v) is 7.92. The zero-order valence-electron chi connectivity index (χ0n) is 18.0. The number of amides is 2. The molecule has 0 aromatic carbocycles. The van der Waals surface area contributed by atoms with Gasteiger partial charge in [-0.1, -0.05) is 0 Å². The van der Waals surface area contributed by atoms with E-state index in [1.54, 1.807) is 22.2 Å². The first-order chi connectivity index (χ1) is 14.6. The molecule has 2 N–H and O–H groups in total. The van der Waals surface area contributed by atoms with E-state index in [2.05, 4.69) is 19.1 Å². The summed E-state index contributed by atoms with van der Waals surface area (Å²) in [5.74, 6) is 1.97. The number of aliphatic hydroxyl groups is 2. The number of aromatic nitrogens is 4. The van der Waals surface area contributed by atoms with E-state index in [-0.39, 0.29) is 31.3 Å². The highest BCUT2D eigenvalue weighted by molar-refractivity contribution is 5.78. The van der Waals surface area contributed by atoms with Crippen LogP contribution in [-0.2, 0) is 13.1 Å². The van der Waals surface area contributed by atoms with Crippen molar-refractivity contribution in [3.8, 4) is 0 Å². The highest BCUT2D eigenvalue weighted by Gasteiger charge is 2.44. The molecule has 2 aromatic heterocycles. The summed E-state index contributed by atoms with van der Waals surface area (Å²) in [6.45, 7) is 6.56. The molecule has 9 heteroatoms. The van der Waals surface area contributed by atoms with Crippen molar-refractivity contribution >= 4 is 6.03 Å². The van der Waals surface area contributed by atoms with Crippen molar-refractivity contribution in [1.29, 1.82) is 0 Å². The van der Waals surface area contributed by atoms with Gasteiger partial charge in [0, 0.05) is 51.0 Å². The summed E-state index contributed by atoms with van der Waals surface area (Å²) in [6.07, 6.45) is 11.0. The van der Waals surface area contributed by atoms with Crippen molar-refractivity contribution in [2.75, 3.05) is 26.3 Å². The molecule has 0 aliphatic carbocycles. The van der Waals surface area contributed by atoms with Gasteiger partial charge >= 0.3 is 6.03 Å². The van der Waals surface area contributed by atoms with E-state index in [1.807, 2.05) is 26.2 Å². The predicted octanol–water partition coefficient (Wildman–Crippen LogP) is 1.42. The molecule has 1 saturated heterocycles. The normalized spacial score (nSPS) is 19.3. The van der Waals surface area contributed by atoms with E-state index < -0.39 is 0 Å². The average molecular weight is 419 g/mol. The molecular formula is C21H34N6O3. The van der Waals surface area contributed by atoms with Gasteiger partial charge in [-0.25, -0.2) is 14.8 Å². The Labute approximate surface area is 178 Å². The topological polar surface area (TPSA) is 99.7 Å². The van der Waals surface area contributed by atoms with Crippen LogP contribution in [0.5, 0.6) is 0 Å². The van der Waals surface area contributed by atoms with Gasteiger partial charge in [-0.05, 0) is 39.5 Å². The van der Waals surface area contributed by atoms with Crippen LogP contribution in [0.1, 0.15) is 37.3 Å². The summed E-state index contributed by atoms with van der Waals surface area (Å²) >= 11 is 0. The molecule has 0 saturated carbocycles. The van der Waals surface area contributed by atoms with E-state index >= 15 is 0 Å². The molecule has 9 nitrogen and oxygen atoms in total. The quantitative estimate of drug-likeness (QED) is 0.508. The number of hydrogen-bond acceptors (Lipinski definition) is 5. The Morgan fingerprint density at radius 1 is 0.767 bits per heavy atom. The molecule has 1 fully saturated rings. The molecule has 0 spiro atoms. The van der Waals surface area contributed by atoms with E-state index in [1.165, 1.54) is 0 Å². The average Bonchev–Trinajstić information content (AvgIpc) is 3.41. The van der Waals surface area contributed by atoms with Crippen molar-refractivity contribution in [2.24, 2.45) is 0 Å². The fourth-order valence-electron chi connectivity index (χ4n) is 4.24. The summed E-state index contributed by atoms with van der Waals surface area (Å²) in [4.78, 5) is 24.9. The fraction of sp³-hybridized carbons (Fsp3) is 0.667. The van der Waals surface area contributed by atoms with Crippen LogP contribution in [0.2, 0.25) is 0 Å². The fourth-order valence-corrected chi connectivity index (χ4v) is 4.24. The number of aryl methyl sites for hydroxylation is 4. The minimum Gasteiger partial charge on any atom is -0.394 e. The molecular weight excluding hydrogens is 384 g/mol. The van der Waals surface area contributed by atoms with Gasteiger partial charge in [0.2, 0.25) is 0 Å². The smallest absolute Gasteiger partial charge is 0.320 e. The number of hydrogen-bond donors (Lipinski definition) is 2. The first-order valence-corrected chi connectivity index (χ1v) is 10.8. The van der Waals surface area contributed by atoms with Crippen molar-refractivity contribution in [3.63, 3.8) is 0 Å². The van der Waals surface area contributed by atoms with Crippen molar-refractivity contribution < 1.29 is 15.0 Å². The van der Waals surface area contributed by atoms with Crippen LogP contribution in [0, 0.1) is 13.8 Å². The molecule has 2 aromatic rings. The number of carbonyl (C=O) groups is 1. The van der Waals surface area contributed by atoms with Gasteiger partial charge < -0.3 is 29.1 Å². The van der Waals surface area contributed by atoms with Crippen LogP contribution in [0.25, 0.3) is 0 Å². The highest BCUT2D eigenvalue weighted by Crippen LogP contribution is 2.24. The Bertz CT molecular complexity index is 740. The Morgan fingerprint density at radius 2 is 1.17 bits per heavy atom. The van der Waals surface area contributed by atoms with Gasteiger partial charge in [-0.15, -0.1) is 0 Å². The Balaban J connectivity index is 1.49. The Morgan fingerprint density at radius 3 is 1.50 bits per heavy atom. The van der Waals surface area contributed by atoms with Crippen LogP contribution < -0.4 is 0 Å². The number of carbonyl (C=O) groups excluding carboxylic acids is 1. The molecule has 30 heavy (non-hydrogen) atoms. The molecule has 0 radical (unpaired) electrons. The minimum absolute atomic E-state index is 0.0780. The number of imidazole rings is 2. The molecule has 3 rings (SSSR count). The second kappa shape index (κ2) is 10.6. The summed E-state index contributed by atoms with van der Waals surface area (Å²) in [5.41, 5.74) is 0. The van der Waals surface area contributed by atoms with Gasteiger partial charge in [0.15, 0.2) is 0 Å². The standard InChI is InChI=1S/C21H34N6O3/c1-17-22-7-13-24(17)9-3-5-11-26-19(15-28)20(16-29)27(21(26)30)12-6-4-10-25-14-8-23-18(25)2/h7-8,13-14,19-20,28-29H,3-6,9-12,15-16H2,1-2H3/t19-,20-/m1/s1. The van der Waals surface area contributed by atoms with Gasteiger partial charge in [-0.3, -0.25) is 0 Å². The molecule has 0 unspecified atom stereocenters. The third kappa shape index (κ3) is 5.02. The second-order valence-electron chi connectivity index (χ2n) is 7.92. The van der Waals surface area contributed by atoms with Gasteiger partial charge in [0.25, 0.3) is 0 Å². The maximum Gasteiger partial charge on any atom is 0.320 e. The minimum atomic E-state index is -0.353. The summed E-state index contributed by atoms with van der Waals surface area (Å²) in [5, 5.41) is 19.8. The van der Waals surface area contributed by atoms with Crippen molar-refractivity contribution in [1.82, 2.24) is 28.9 Å². The first kappa shape index (κ1) is 22.3. The molecule has 2 amide bonds. The number of urea groups is 1. The summed E-state index contributed by atoms with van der Waals surface area (Å²) in [7, 11) is 0. The lowest BCUT2D eigenvalue weighted by Crippen LogP contribution is -2.43. The monoisotopic (exact) mass is 418 g/mol. The van der Waals surface area contributed by atoms with Crippen LogP contribution in [0.4, 0.5) is 4.79 Å². The largest absolute Gasteiger partial charge is 0.394 e. The Kier molecular flexibility index (Phi) is 7.87. The molecule has 2 atom stereocenters. The molecule has 3 heterocycles. The number of rotatable bonds is 12. The third-order valence-corrected chi connectivity index (χ3v) is 6.05.